The first-order valence-electron chi connectivity index (χ1n) is 7.81. The third kappa shape index (κ3) is 3.71. The maximum absolute atomic E-state index is 12.7. The molecule has 1 aromatic heterocycles. The van der Waals surface area contributed by atoms with Gasteiger partial charge in [0.1, 0.15) is 11.4 Å². The molecule has 0 bridgehead atoms. The SMILES string of the molecule is COCCN(CC1CC1)C(=O)c1cc(-c2ccccc2O)n[nH]1. The van der Waals surface area contributed by atoms with Gasteiger partial charge in [-0.2, -0.15) is 5.10 Å². The van der Waals surface area contributed by atoms with E-state index in [2.05, 4.69) is 10.2 Å². The van der Waals surface area contributed by atoms with Gasteiger partial charge in [0.2, 0.25) is 0 Å². The molecular weight excluding hydrogens is 294 g/mol. The fraction of sp³-hybridized carbons (Fsp3) is 0.412. The van der Waals surface area contributed by atoms with Crippen LogP contribution in [0.5, 0.6) is 5.75 Å². The van der Waals surface area contributed by atoms with Gasteiger partial charge in [-0.25, -0.2) is 0 Å². The number of phenolic OH excluding ortho intramolecular Hbond substituents is 1. The van der Waals surface area contributed by atoms with Crippen molar-refractivity contribution >= 4 is 5.91 Å². The average molecular weight is 315 g/mol. The standard InChI is InChI=1S/C17H21N3O3/c1-23-9-8-20(11-12-6-7-12)17(22)15-10-14(18-19-15)13-4-2-3-5-16(13)21/h2-5,10,12,21H,6-9,11H2,1H3,(H,18,19). The van der Waals surface area contributed by atoms with Crippen molar-refractivity contribution in [2.24, 2.45) is 5.92 Å². The van der Waals surface area contributed by atoms with Crippen molar-refractivity contribution in [2.45, 2.75) is 12.8 Å². The van der Waals surface area contributed by atoms with Crippen molar-refractivity contribution in [1.82, 2.24) is 15.1 Å². The second-order valence-corrected chi connectivity index (χ2v) is 5.87. The first-order chi connectivity index (χ1) is 11.2. The van der Waals surface area contributed by atoms with E-state index in [-0.39, 0.29) is 11.7 Å². The Morgan fingerprint density at radius 1 is 1.43 bits per heavy atom. The van der Waals surface area contributed by atoms with Gasteiger partial charge < -0.3 is 14.7 Å². The number of benzene rings is 1. The Hall–Kier alpha value is -2.34. The number of aromatic hydroxyl groups is 1. The van der Waals surface area contributed by atoms with E-state index in [0.717, 1.165) is 6.54 Å². The molecule has 6 nitrogen and oxygen atoms in total. The molecule has 0 radical (unpaired) electrons. The van der Waals surface area contributed by atoms with E-state index in [4.69, 9.17) is 4.74 Å². The lowest BCUT2D eigenvalue weighted by Gasteiger charge is -2.21. The molecule has 0 atom stereocenters. The van der Waals surface area contributed by atoms with Crippen LogP contribution in [-0.2, 0) is 4.74 Å². The molecule has 1 saturated carbocycles. The number of rotatable bonds is 7. The van der Waals surface area contributed by atoms with E-state index >= 15 is 0 Å². The van der Waals surface area contributed by atoms with Crippen LogP contribution in [0.2, 0.25) is 0 Å². The zero-order chi connectivity index (χ0) is 16.2. The van der Waals surface area contributed by atoms with Crippen molar-refractivity contribution in [2.75, 3.05) is 26.8 Å². The lowest BCUT2D eigenvalue weighted by molar-refractivity contribution is 0.0680. The number of aromatic amines is 1. The van der Waals surface area contributed by atoms with Crippen LogP contribution in [0.1, 0.15) is 23.3 Å². The summed E-state index contributed by atoms with van der Waals surface area (Å²) in [6.07, 6.45) is 2.37. The smallest absolute Gasteiger partial charge is 0.271 e. The first-order valence-corrected chi connectivity index (χ1v) is 7.81. The van der Waals surface area contributed by atoms with Crippen molar-refractivity contribution in [3.63, 3.8) is 0 Å². The molecular formula is C17H21N3O3. The average Bonchev–Trinajstić information content (AvgIpc) is 3.24. The van der Waals surface area contributed by atoms with Gasteiger partial charge >= 0.3 is 0 Å². The van der Waals surface area contributed by atoms with Crippen LogP contribution in [0.25, 0.3) is 11.3 Å². The number of nitrogens with zero attached hydrogens (tertiary/aromatic N) is 2. The molecule has 122 valence electrons. The molecule has 0 spiro atoms. The van der Waals surface area contributed by atoms with Gasteiger partial charge in [0, 0.05) is 25.8 Å². The van der Waals surface area contributed by atoms with Gasteiger partial charge in [-0.05, 0) is 37.0 Å². The number of ether oxygens (including phenoxy) is 1. The van der Waals surface area contributed by atoms with E-state index < -0.39 is 0 Å². The molecule has 0 saturated heterocycles. The third-order valence-electron chi connectivity index (χ3n) is 4.02. The molecule has 2 N–H and O–H groups in total. The zero-order valence-corrected chi connectivity index (χ0v) is 13.2. The Morgan fingerprint density at radius 2 is 2.22 bits per heavy atom. The number of amides is 1. The van der Waals surface area contributed by atoms with Crippen molar-refractivity contribution in [1.29, 1.82) is 0 Å². The molecule has 1 heterocycles. The van der Waals surface area contributed by atoms with Crippen molar-refractivity contribution < 1.29 is 14.6 Å². The van der Waals surface area contributed by atoms with Gasteiger partial charge in [0.25, 0.3) is 5.91 Å². The Kier molecular flexibility index (Phi) is 4.62. The van der Waals surface area contributed by atoms with E-state index in [1.54, 1.807) is 31.4 Å². The Balaban J connectivity index is 1.77. The second kappa shape index (κ2) is 6.83. The number of methoxy groups -OCH3 is 1. The third-order valence-corrected chi connectivity index (χ3v) is 4.02. The molecule has 0 unspecified atom stereocenters. The van der Waals surface area contributed by atoms with Crippen LogP contribution in [0.3, 0.4) is 0 Å². The summed E-state index contributed by atoms with van der Waals surface area (Å²) in [6, 6.07) is 8.63. The molecule has 1 amide bonds. The fourth-order valence-electron chi connectivity index (χ4n) is 2.52. The highest BCUT2D eigenvalue weighted by atomic mass is 16.5. The summed E-state index contributed by atoms with van der Waals surface area (Å²) in [6.45, 7) is 1.84. The van der Waals surface area contributed by atoms with Gasteiger partial charge in [-0.15, -0.1) is 0 Å². The van der Waals surface area contributed by atoms with Gasteiger partial charge in [0.15, 0.2) is 0 Å². The normalized spacial score (nSPS) is 14.0. The molecule has 0 aliphatic heterocycles. The first kappa shape index (κ1) is 15.6. The van der Waals surface area contributed by atoms with E-state index in [1.165, 1.54) is 12.8 Å². The van der Waals surface area contributed by atoms with Crippen LogP contribution in [-0.4, -0.2) is 52.9 Å². The number of hydrogen-bond donors (Lipinski definition) is 2. The van der Waals surface area contributed by atoms with Crippen LogP contribution in [0.15, 0.2) is 30.3 Å². The quantitative estimate of drug-likeness (QED) is 0.821. The van der Waals surface area contributed by atoms with Crippen LogP contribution >= 0.6 is 0 Å². The van der Waals surface area contributed by atoms with Crippen LogP contribution in [0, 0.1) is 5.92 Å². The summed E-state index contributed by atoms with van der Waals surface area (Å²) in [5, 5.41) is 16.8. The Morgan fingerprint density at radius 3 is 2.91 bits per heavy atom. The number of phenols is 1. The zero-order valence-electron chi connectivity index (χ0n) is 13.2. The molecule has 6 heteroatoms. The predicted octanol–water partition coefficient (Wildman–Crippen LogP) is 2.28. The van der Waals surface area contributed by atoms with Gasteiger partial charge in [-0.1, -0.05) is 12.1 Å². The monoisotopic (exact) mass is 315 g/mol. The summed E-state index contributed by atoms with van der Waals surface area (Å²) >= 11 is 0. The summed E-state index contributed by atoms with van der Waals surface area (Å²) in [5.41, 5.74) is 1.60. The maximum Gasteiger partial charge on any atom is 0.271 e. The second-order valence-electron chi connectivity index (χ2n) is 5.87. The number of hydrogen-bond acceptors (Lipinski definition) is 4. The highest BCUT2D eigenvalue weighted by Crippen LogP contribution is 2.31. The molecule has 2 aromatic rings. The molecule has 1 fully saturated rings. The predicted molar refractivity (Wildman–Crippen MR) is 86.2 cm³/mol. The van der Waals surface area contributed by atoms with Gasteiger partial charge in [-0.3, -0.25) is 9.89 Å². The highest BCUT2D eigenvalue weighted by molar-refractivity contribution is 5.93. The minimum atomic E-state index is -0.0804. The van der Waals surface area contributed by atoms with E-state index in [9.17, 15) is 9.90 Å². The number of para-hydroxylation sites is 1. The number of carbonyl (C=O) groups is 1. The minimum absolute atomic E-state index is 0.0804. The lowest BCUT2D eigenvalue weighted by atomic mass is 10.1. The summed E-state index contributed by atoms with van der Waals surface area (Å²) in [5.74, 6) is 0.673. The number of carbonyl (C=O) groups excluding carboxylic acids is 1. The topological polar surface area (TPSA) is 78.4 Å². The number of H-pyrrole nitrogens is 1. The molecule has 3 rings (SSSR count). The largest absolute Gasteiger partial charge is 0.507 e. The lowest BCUT2D eigenvalue weighted by Crippen LogP contribution is -2.35. The molecule has 23 heavy (non-hydrogen) atoms. The molecule has 1 aliphatic rings. The molecule has 1 aromatic carbocycles. The van der Waals surface area contributed by atoms with Crippen molar-refractivity contribution in [3.8, 4) is 17.0 Å². The van der Waals surface area contributed by atoms with Crippen LogP contribution < -0.4 is 0 Å². The number of nitrogens with one attached hydrogen (secondary N) is 1. The molecule has 1 aliphatic carbocycles. The number of aromatic nitrogens is 2. The highest BCUT2D eigenvalue weighted by Gasteiger charge is 2.28. The minimum Gasteiger partial charge on any atom is -0.507 e. The van der Waals surface area contributed by atoms with E-state index in [1.807, 2.05) is 11.0 Å². The van der Waals surface area contributed by atoms with Crippen molar-refractivity contribution in [3.05, 3.63) is 36.0 Å². The van der Waals surface area contributed by atoms with Gasteiger partial charge in [0.05, 0.1) is 12.3 Å². The summed E-state index contributed by atoms with van der Waals surface area (Å²) < 4.78 is 5.10. The summed E-state index contributed by atoms with van der Waals surface area (Å²) in [7, 11) is 1.63. The van der Waals surface area contributed by atoms with Crippen LogP contribution in [0.4, 0.5) is 0 Å². The Bertz CT molecular complexity index is 679. The fourth-order valence-corrected chi connectivity index (χ4v) is 2.52. The Labute approximate surface area is 135 Å². The summed E-state index contributed by atoms with van der Waals surface area (Å²) in [4.78, 5) is 14.5. The maximum atomic E-state index is 12.7. The van der Waals surface area contributed by atoms with E-state index in [0.29, 0.717) is 36.0 Å².